The average molecular weight is 339 g/mol. The predicted molar refractivity (Wildman–Crippen MR) is 92.6 cm³/mol. The quantitative estimate of drug-likeness (QED) is 0.837. The molecule has 130 valence electrons. The van der Waals surface area contributed by atoms with E-state index in [1.165, 1.54) is 4.68 Å². The van der Waals surface area contributed by atoms with Crippen molar-refractivity contribution in [2.24, 2.45) is 0 Å². The zero-order valence-corrected chi connectivity index (χ0v) is 14.8. The molecule has 1 aliphatic rings. The molecular formula is C18H21N5O2. The molecule has 1 aliphatic heterocycles. The van der Waals surface area contributed by atoms with Crippen LogP contribution in [0.15, 0.2) is 9.59 Å². The van der Waals surface area contributed by atoms with E-state index in [0.717, 1.165) is 30.8 Å². The van der Waals surface area contributed by atoms with Crippen LogP contribution in [0.5, 0.6) is 0 Å². The molecule has 3 rings (SSSR count). The van der Waals surface area contributed by atoms with Gasteiger partial charge in [-0.25, -0.2) is 9.67 Å². The van der Waals surface area contributed by atoms with Gasteiger partial charge in [-0.1, -0.05) is 0 Å². The number of rotatable bonds is 3. The van der Waals surface area contributed by atoms with Gasteiger partial charge in [-0.3, -0.25) is 14.2 Å². The van der Waals surface area contributed by atoms with Gasteiger partial charge in [-0.05, 0) is 45.6 Å². The van der Waals surface area contributed by atoms with E-state index >= 15 is 0 Å². The predicted octanol–water partition coefficient (Wildman–Crippen LogP) is 1.18. The topological polar surface area (TPSA) is 93.6 Å². The molecule has 0 aromatic carbocycles. The highest BCUT2D eigenvalue weighted by Crippen LogP contribution is 2.13. The van der Waals surface area contributed by atoms with Crippen LogP contribution in [0.25, 0.3) is 0 Å². The minimum atomic E-state index is -0.408. The maximum Gasteiger partial charge on any atom is 0.284 e. The van der Waals surface area contributed by atoms with E-state index in [1.54, 1.807) is 18.4 Å². The monoisotopic (exact) mass is 339 g/mol. The summed E-state index contributed by atoms with van der Waals surface area (Å²) >= 11 is 0. The first-order chi connectivity index (χ1) is 11.9. The molecule has 7 heteroatoms. The number of hydrogen-bond donors (Lipinski definition) is 0. The summed E-state index contributed by atoms with van der Waals surface area (Å²) in [5.74, 6) is 0.853. The summed E-state index contributed by atoms with van der Waals surface area (Å²) < 4.78 is 3.03. The third kappa shape index (κ3) is 3.00. The van der Waals surface area contributed by atoms with Gasteiger partial charge in [0.25, 0.3) is 11.1 Å². The Morgan fingerprint density at radius 1 is 1.12 bits per heavy atom. The molecule has 3 heterocycles. The zero-order valence-electron chi connectivity index (χ0n) is 14.8. The molecule has 0 N–H and O–H groups in total. The first-order valence-electron chi connectivity index (χ1n) is 8.51. The number of aryl methyl sites for hydroxylation is 4. The fraction of sp³-hybridized carbons (Fsp3) is 0.500. The minimum Gasteiger partial charge on any atom is -0.296 e. The highest BCUT2D eigenvalue weighted by molar-refractivity contribution is 5.36. The van der Waals surface area contributed by atoms with Crippen LogP contribution >= 0.6 is 0 Å². The third-order valence-corrected chi connectivity index (χ3v) is 4.90. The number of aromatic nitrogens is 4. The Kier molecular flexibility index (Phi) is 4.53. The molecule has 2 aromatic rings. The Labute approximate surface area is 145 Å². The summed E-state index contributed by atoms with van der Waals surface area (Å²) in [4.78, 5) is 29.7. The summed E-state index contributed by atoms with van der Waals surface area (Å²) in [6.07, 6.45) is 3.25. The first-order valence-corrected chi connectivity index (χ1v) is 8.51. The van der Waals surface area contributed by atoms with E-state index < -0.39 is 5.56 Å². The highest BCUT2D eigenvalue weighted by Gasteiger charge is 2.18. The van der Waals surface area contributed by atoms with Crippen molar-refractivity contribution in [2.75, 3.05) is 0 Å². The van der Waals surface area contributed by atoms with Crippen LogP contribution in [-0.4, -0.2) is 19.3 Å². The first kappa shape index (κ1) is 17.1. The fourth-order valence-corrected chi connectivity index (χ4v) is 3.29. The Morgan fingerprint density at radius 2 is 1.88 bits per heavy atom. The summed E-state index contributed by atoms with van der Waals surface area (Å²) in [5, 5.41) is 13.5. The minimum absolute atomic E-state index is 0.0143. The molecule has 0 fully saturated rings. The maximum absolute atomic E-state index is 12.7. The summed E-state index contributed by atoms with van der Waals surface area (Å²) in [7, 11) is 0. The number of hydrogen-bond acceptors (Lipinski definition) is 5. The van der Waals surface area contributed by atoms with Crippen LogP contribution in [0.4, 0.5) is 0 Å². The van der Waals surface area contributed by atoms with Gasteiger partial charge in [0.15, 0.2) is 0 Å². The molecule has 7 nitrogen and oxygen atoms in total. The van der Waals surface area contributed by atoms with E-state index in [2.05, 4.69) is 10.1 Å². The van der Waals surface area contributed by atoms with Crippen LogP contribution in [0.2, 0.25) is 0 Å². The van der Waals surface area contributed by atoms with Gasteiger partial charge in [-0.2, -0.15) is 10.4 Å². The van der Waals surface area contributed by atoms with E-state index in [9.17, 15) is 14.9 Å². The molecule has 0 saturated carbocycles. The Hall–Kier alpha value is -2.75. The smallest absolute Gasteiger partial charge is 0.284 e. The molecule has 0 unspecified atom stereocenters. The van der Waals surface area contributed by atoms with Gasteiger partial charge < -0.3 is 0 Å². The van der Waals surface area contributed by atoms with Crippen molar-refractivity contribution in [3.05, 3.63) is 54.6 Å². The maximum atomic E-state index is 12.7. The van der Waals surface area contributed by atoms with Gasteiger partial charge in [0, 0.05) is 30.8 Å². The third-order valence-electron chi connectivity index (χ3n) is 4.90. The van der Waals surface area contributed by atoms with Crippen molar-refractivity contribution in [2.45, 2.75) is 59.5 Å². The number of nitriles is 1. The molecular weight excluding hydrogens is 318 g/mol. The van der Waals surface area contributed by atoms with Crippen molar-refractivity contribution in [1.29, 1.82) is 5.26 Å². The second-order valence-corrected chi connectivity index (χ2v) is 6.48. The van der Waals surface area contributed by atoms with Gasteiger partial charge in [0.1, 0.15) is 17.5 Å². The van der Waals surface area contributed by atoms with Crippen molar-refractivity contribution < 1.29 is 0 Å². The molecule has 0 aliphatic carbocycles. The molecule has 0 radical (unpaired) electrons. The normalized spacial score (nSPS) is 13.4. The lowest BCUT2D eigenvalue weighted by Crippen LogP contribution is -2.34. The van der Waals surface area contributed by atoms with Crippen LogP contribution in [-0.2, 0) is 25.9 Å². The van der Waals surface area contributed by atoms with Crippen molar-refractivity contribution in [3.63, 3.8) is 0 Å². The van der Waals surface area contributed by atoms with Crippen molar-refractivity contribution in [1.82, 2.24) is 19.3 Å². The average Bonchev–Trinajstić information content (AvgIpc) is 2.59. The fourth-order valence-electron chi connectivity index (χ4n) is 3.29. The highest BCUT2D eigenvalue weighted by atomic mass is 16.1. The molecule has 0 spiro atoms. The lowest BCUT2D eigenvalue weighted by molar-refractivity contribution is 0.484. The largest absolute Gasteiger partial charge is 0.296 e. The van der Waals surface area contributed by atoms with Crippen LogP contribution in [0, 0.1) is 32.1 Å². The summed E-state index contributed by atoms with van der Waals surface area (Å²) in [6.45, 7) is 6.29. The summed E-state index contributed by atoms with van der Waals surface area (Å²) in [6, 6.07) is 1.96. The molecule has 0 atom stereocenters. The molecule has 25 heavy (non-hydrogen) atoms. The van der Waals surface area contributed by atoms with Gasteiger partial charge >= 0.3 is 0 Å². The number of nitrogens with zero attached hydrogens (tertiary/aromatic N) is 5. The molecule has 2 aromatic heterocycles. The SMILES string of the molecule is Cc1nn(CCc2c(C)nc3n(c2=O)CCCC3)c(=O)c(C#N)c1C. The van der Waals surface area contributed by atoms with Crippen molar-refractivity contribution >= 4 is 0 Å². The molecule has 0 amide bonds. The second-order valence-electron chi connectivity index (χ2n) is 6.48. The van der Waals surface area contributed by atoms with Crippen LogP contribution in [0.3, 0.4) is 0 Å². The standard InChI is InChI=1S/C18H21N5O2/c1-11-12(2)21-23(18(25)15(11)10-19)9-7-14-13(3)20-16-6-4-5-8-22(16)17(14)24/h4-9H2,1-3H3. The van der Waals surface area contributed by atoms with Gasteiger partial charge in [-0.15, -0.1) is 0 Å². The van der Waals surface area contributed by atoms with Crippen molar-refractivity contribution in [3.8, 4) is 6.07 Å². The Bertz CT molecular complexity index is 994. The van der Waals surface area contributed by atoms with Gasteiger partial charge in [0.2, 0.25) is 0 Å². The van der Waals surface area contributed by atoms with Crippen LogP contribution in [0.1, 0.15) is 46.7 Å². The Morgan fingerprint density at radius 3 is 2.60 bits per heavy atom. The second kappa shape index (κ2) is 6.63. The molecule has 0 bridgehead atoms. The summed E-state index contributed by atoms with van der Waals surface area (Å²) in [5.41, 5.74) is 2.29. The van der Waals surface area contributed by atoms with E-state index in [4.69, 9.17) is 0 Å². The van der Waals surface area contributed by atoms with Gasteiger partial charge in [0.05, 0.1) is 5.69 Å². The van der Waals surface area contributed by atoms with E-state index in [-0.39, 0.29) is 17.7 Å². The lowest BCUT2D eigenvalue weighted by Gasteiger charge is -2.19. The van der Waals surface area contributed by atoms with E-state index in [1.807, 2.05) is 13.0 Å². The molecule has 0 saturated heterocycles. The Balaban J connectivity index is 1.96. The zero-order chi connectivity index (χ0) is 18.1. The lowest BCUT2D eigenvalue weighted by atomic mass is 10.1. The number of fused-ring (bicyclic) bond motifs is 1. The van der Waals surface area contributed by atoms with E-state index in [0.29, 0.717) is 29.8 Å². The van der Waals surface area contributed by atoms with Crippen LogP contribution < -0.4 is 11.1 Å².